The summed E-state index contributed by atoms with van der Waals surface area (Å²) in [5.74, 6) is -0.148. The molecule has 1 saturated heterocycles. The van der Waals surface area contributed by atoms with Gasteiger partial charge in [-0.2, -0.15) is 0 Å². The Labute approximate surface area is 178 Å². The SMILES string of the molecule is COc1ccccc1N1C[C@H](C(=O)Nc2nnc(CCc3ccccc3)s2)CC1=O. The summed E-state index contributed by atoms with van der Waals surface area (Å²) in [5.41, 5.74) is 1.92. The number of para-hydroxylation sites is 2. The molecule has 0 saturated carbocycles. The first kappa shape index (κ1) is 20.0. The molecule has 1 aliphatic rings. The molecule has 1 fully saturated rings. The molecule has 0 bridgehead atoms. The van der Waals surface area contributed by atoms with Gasteiger partial charge < -0.3 is 15.0 Å². The van der Waals surface area contributed by atoms with Crippen LogP contribution >= 0.6 is 11.3 Å². The number of benzene rings is 2. The second-order valence-corrected chi connectivity index (χ2v) is 8.12. The fraction of sp³-hybridized carbons (Fsp3) is 0.273. The minimum atomic E-state index is -0.445. The highest BCUT2D eigenvalue weighted by molar-refractivity contribution is 7.15. The Bertz CT molecular complexity index is 1040. The third-order valence-corrected chi connectivity index (χ3v) is 5.94. The van der Waals surface area contributed by atoms with Crippen LogP contribution in [0.15, 0.2) is 54.6 Å². The highest BCUT2D eigenvalue weighted by atomic mass is 32.1. The van der Waals surface area contributed by atoms with Gasteiger partial charge in [0.1, 0.15) is 10.8 Å². The van der Waals surface area contributed by atoms with Crippen molar-refractivity contribution >= 4 is 34.0 Å². The zero-order valence-electron chi connectivity index (χ0n) is 16.6. The molecule has 0 radical (unpaired) electrons. The maximum Gasteiger partial charge on any atom is 0.231 e. The van der Waals surface area contributed by atoms with Crippen molar-refractivity contribution in [2.45, 2.75) is 19.3 Å². The average molecular weight is 423 g/mol. The summed E-state index contributed by atoms with van der Waals surface area (Å²) in [6.07, 6.45) is 1.79. The van der Waals surface area contributed by atoms with Crippen molar-refractivity contribution in [2.75, 3.05) is 23.9 Å². The Morgan fingerprint density at radius 3 is 2.70 bits per heavy atom. The maximum atomic E-state index is 12.7. The Kier molecular flexibility index (Phi) is 6.04. The fourth-order valence-electron chi connectivity index (χ4n) is 3.48. The predicted molar refractivity (Wildman–Crippen MR) is 116 cm³/mol. The first-order chi connectivity index (χ1) is 14.6. The average Bonchev–Trinajstić information content (AvgIpc) is 3.39. The zero-order valence-corrected chi connectivity index (χ0v) is 17.4. The van der Waals surface area contributed by atoms with E-state index >= 15 is 0 Å². The van der Waals surface area contributed by atoms with Gasteiger partial charge in [-0.1, -0.05) is 53.8 Å². The number of ether oxygens (including phenoxy) is 1. The summed E-state index contributed by atoms with van der Waals surface area (Å²) >= 11 is 1.37. The van der Waals surface area contributed by atoms with Crippen LogP contribution in [-0.4, -0.2) is 35.7 Å². The molecule has 0 spiro atoms. The number of nitrogens with zero attached hydrogens (tertiary/aromatic N) is 3. The minimum Gasteiger partial charge on any atom is -0.495 e. The molecular weight excluding hydrogens is 400 g/mol. The molecule has 8 heteroatoms. The lowest BCUT2D eigenvalue weighted by Gasteiger charge is -2.19. The molecule has 1 aliphatic heterocycles. The van der Waals surface area contributed by atoms with Crippen molar-refractivity contribution in [1.29, 1.82) is 0 Å². The molecule has 7 nitrogen and oxygen atoms in total. The minimum absolute atomic E-state index is 0.0968. The van der Waals surface area contributed by atoms with E-state index in [1.54, 1.807) is 18.1 Å². The van der Waals surface area contributed by atoms with Gasteiger partial charge in [-0.15, -0.1) is 10.2 Å². The largest absolute Gasteiger partial charge is 0.495 e. The highest BCUT2D eigenvalue weighted by Gasteiger charge is 2.36. The van der Waals surface area contributed by atoms with Crippen molar-refractivity contribution in [3.8, 4) is 5.75 Å². The molecule has 0 unspecified atom stereocenters. The summed E-state index contributed by atoms with van der Waals surface area (Å²) in [6, 6.07) is 17.5. The summed E-state index contributed by atoms with van der Waals surface area (Å²) in [6.45, 7) is 0.310. The van der Waals surface area contributed by atoms with Gasteiger partial charge in [-0.3, -0.25) is 9.59 Å². The second-order valence-electron chi connectivity index (χ2n) is 7.05. The third-order valence-electron chi connectivity index (χ3n) is 5.04. The van der Waals surface area contributed by atoms with E-state index in [-0.39, 0.29) is 18.2 Å². The molecule has 3 aromatic rings. The second kappa shape index (κ2) is 9.04. The number of rotatable bonds is 7. The third kappa shape index (κ3) is 4.49. The van der Waals surface area contributed by atoms with Crippen molar-refractivity contribution < 1.29 is 14.3 Å². The van der Waals surface area contributed by atoms with E-state index in [1.807, 2.05) is 36.4 Å². The van der Waals surface area contributed by atoms with Crippen molar-refractivity contribution in [3.05, 3.63) is 65.2 Å². The number of hydrogen-bond acceptors (Lipinski definition) is 6. The number of hydrogen-bond donors (Lipinski definition) is 1. The molecular formula is C22H22N4O3S. The number of aromatic nitrogens is 2. The van der Waals surface area contributed by atoms with Gasteiger partial charge in [-0.25, -0.2) is 0 Å². The molecule has 2 aromatic carbocycles. The predicted octanol–water partition coefficient (Wildman–Crippen LogP) is 3.32. The van der Waals surface area contributed by atoms with Crippen LogP contribution in [0.25, 0.3) is 0 Å². The number of carbonyl (C=O) groups is 2. The monoisotopic (exact) mass is 422 g/mol. The van der Waals surface area contributed by atoms with Crippen LogP contribution in [0.3, 0.4) is 0 Å². The van der Waals surface area contributed by atoms with Gasteiger partial charge in [0.2, 0.25) is 16.9 Å². The number of nitrogens with one attached hydrogen (secondary N) is 1. The number of aryl methyl sites for hydroxylation is 2. The highest BCUT2D eigenvalue weighted by Crippen LogP contribution is 2.33. The normalized spacial score (nSPS) is 16.0. The molecule has 154 valence electrons. The van der Waals surface area contributed by atoms with Gasteiger partial charge in [0.15, 0.2) is 0 Å². The van der Waals surface area contributed by atoms with Gasteiger partial charge in [0.25, 0.3) is 0 Å². The van der Waals surface area contributed by atoms with E-state index in [4.69, 9.17) is 4.74 Å². The Hall–Kier alpha value is -3.26. The number of carbonyl (C=O) groups excluding carboxylic acids is 2. The van der Waals surface area contributed by atoms with Gasteiger partial charge >= 0.3 is 0 Å². The van der Waals surface area contributed by atoms with Gasteiger partial charge in [0.05, 0.1) is 18.7 Å². The smallest absolute Gasteiger partial charge is 0.231 e. The van der Waals surface area contributed by atoms with Gasteiger partial charge in [0, 0.05) is 19.4 Å². The van der Waals surface area contributed by atoms with Crippen LogP contribution in [0.1, 0.15) is 17.0 Å². The Morgan fingerprint density at radius 2 is 1.90 bits per heavy atom. The molecule has 0 aliphatic carbocycles. The van der Waals surface area contributed by atoms with E-state index in [0.717, 1.165) is 17.8 Å². The zero-order chi connectivity index (χ0) is 20.9. The van der Waals surface area contributed by atoms with Crippen LogP contribution in [0.2, 0.25) is 0 Å². The first-order valence-electron chi connectivity index (χ1n) is 9.74. The molecule has 2 heterocycles. The quantitative estimate of drug-likeness (QED) is 0.631. The lowest BCUT2D eigenvalue weighted by atomic mass is 10.1. The fourth-order valence-corrected chi connectivity index (χ4v) is 4.22. The van der Waals surface area contributed by atoms with Crippen LogP contribution < -0.4 is 15.0 Å². The summed E-state index contributed by atoms with van der Waals surface area (Å²) < 4.78 is 5.34. The maximum absolute atomic E-state index is 12.7. The van der Waals surface area contributed by atoms with Gasteiger partial charge in [-0.05, 0) is 24.1 Å². The van der Waals surface area contributed by atoms with E-state index in [2.05, 4.69) is 27.6 Å². The van der Waals surface area contributed by atoms with E-state index < -0.39 is 5.92 Å². The van der Waals surface area contributed by atoms with E-state index in [9.17, 15) is 9.59 Å². The van der Waals surface area contributed by atoms with E-state index in [1.165, 1.54) is 16.9 Å². The van der Waals surface area contributed by atoms with E-state index in [0.29, 0.717) is 23.1 Å². The molecule has 1 N–H and O–H groups in total. The topological polar surface area (TPSA) is 84.4 Å². The molecule has 30 heavy (non-hydrogen) atoms. The summed E-state index contributed by atoms with van der Waals surface area (Å²) in [5, 5.41) is 12.4. The molecule has 2 amide bonds. The number of methoxy groups -OCH3 is 1. The van der Waals surface area contributed by atoms with Crippen LogP contribution in [0, 0.1) is 5.92 Å². The Morgan fingerprint density at radius 1 is 1.13 bits per heavy atom. The number of anilines is 2. The first-order valence-corrected chi connectivity index (χ1v) is 10.6. The lowest BCUT2D eigenvalue weighted by molar-refractivity contribution is -0.122. The van der Waals surface area contributed by atoms with Crippen molar-refractivity contribution in [2.24, 2.45) is 5.92 Å². The lowest BCUT2D eigenvalue weighted by Crippen LogP contribution is -2.28. The summed E-state index contributed by atoms with van der Waals surface area (Å²) in [4.78, 5) is 26.8. The van der Waals surface area contributed by atoms with Crippen LogP contribution in [0.5, 0.6) is 5.75 Å². The summed E-state index contributed by atoms with van der Waals surface area (Å²) in [7, 11) is 1.56. The molecule has 1 aromatic heterocycles. The van der Waals surface area contributed by atoms with Crippen LogP contribution in [0.4, 0.5) is 10.8 Å². The number of amides is 2. The molecule has 4 rings (SSSR count). The van der Waals surface area contributed by atoms with Crippen LogP contribution in [-0.2, 0) is 22.4 Å². The molecule has 1 atom stereocenters. The van der Waals surface area contributed by atoms with Crippen molar-refractivity contribution in [3.63, 3.8) is 0 Å². The Balaban J connectivity index is 1.35. The van der Waals surface area contributed by atoms with Crippen molar-refractivity contribution in [1.82, 2.24) is 10.2 Å². The standard InChI is InChI=1S/C22H22N4O3S/c1-29-18-10-6-5-9-17(18)26-14-16(13-20(26)27)21(28)23-22-25-24-19(30-22)12-11-15-7-3-2-4-8-15/h2-10,16H,11-14H2,1H3,(H,23,25,28)/t16-/m1/s1.